The summed E-state index contributed by atoms with van der Waals surface area (Å²) in [6, 6.07) is 5.28. The van der Waals surface area contributed by atoms with Gasteiger partial charge in [-0.05, 0) is 24.6 Å². The van der Waals surface area contributed by atoms with E-state index in [-0.39, 0.29) is 18.7 Å². The average Bonchev–Trinajstić information content (AvgIpc) is 2.42. The number of carbonyl (C=O) groups is 2. The molecule has 1 aromatic rings. The van der Waals surface area contributed by atoms with Crippen LogP contribution in [0.4, 0.5) is 0 Å². The number of rotatable bonds is 3. The van der Waals surface area contributed by atoms with Gasteiger partial charge in [-0.2, -0.15) is 0 Å². The minimum Gasteiger partial charge on any atom is -0.480 e. The van der Waals surface area contributed by atoms with Crippen molar-refractivity contribution < 1.29 is 19.4 Å². The van der Waals surface area contributed by atoms with E-state index in [1.807, 2.05) is 13.0 Å². The van der Waals surface area contributed by atoms with Gasteiger partial charge in [0.2, 0.25) is 0 Å². The van der Waals surface area contributed by atoms with Crippen LogP contribution in [-0.2, 0) is 9.53 Å². The summed E-state index contributed by atoms with van der Waals surface area (Å²) >= 11 is 3.37. The van der Waals surface area contributed by atoms with Crippen LogP contribution in [0.1, 0.15) is 28.8 Å². The molecule has 2 N–H and O–H groups in total. The van der Waals surface area contributed by atoms with Crippen LogP contribution in [0.5, 0.6) is 0 Å². The fourth-order valence-corrected chi connectivity index (χ4v) is 2.62. The first-order valence-corrected chi connectivity index (χ1v) is 7.14. The normalized spacial score (nSPS) is 17.5. The Morgan fingerprint density at radius 1 is 1.35 bits per heavy atom. The third kappa shape index (κ3) is 2.86. The Balaban J connectivity index is 2.25. The first-order valence-electron chi connectivity index (χ1n) is 6.35. The molecule has 0 bridgehead atoms. The maximum Gasteiger partial charge on any atom is 0.329 e. The topological polar surface area (TPSA) is 75.6 Å². The summed E-state index contributed by atoms with van der Waals surface area (Å²) in [4.78, 5) is 23.9. The average molecular weight is 342 g/mol. The van der Waals surface area contributed by atoms with E-state index in [2.05, 4.69) is 21.2 Å². The maximum atomic E-state index is 12.4. The van der Waals surface area contributed by atoms with Crippen molar-refractivity contribution in [3.8, 4) is 0 Å². The summed E-state index contributed by atoms with van der Waals surface area (Å²) in [5, 5.41) is 12.1. The molecular formula is C14H16BrNO4. The molecule has 1 saturated heterocycles. The highest BCUT2D eigenvalue weighted by atomic mass is 79.9. The molecule has 0 radical (unpaired) electrons. The van der Waals surface area contributed by atoms with Gasteiger partial charge in [0.25, 0.3) is 5.91 Å². The van der Waals surface area contributed by atoms with Crippen molar-refractivity contribution in [3.05, 3.63) is 33.8 Å². The Morgan fingerprint density at radius 2 is 2.00 bits per heavy atom. The lowest BCUT2D eigenvalue weighted by molar-refractivity contribution is -0.148. The zero-order valence-corrected chi connectivity index (χ0v) is 12.7. The quantitative estimate of drug-likeness (QED) is 0.882. The van der Waals surface area contributed by atoms with Crippen LogP contribution in [-0.4, -0.2) is 35.7 Å². The van der Waals surface area contributed by atoms with E-state index in [4.69, 9.17) is 4.74 Å². The van der Waals surface area contributed by atoms with Gasteiger partial charge in [0.1, 0.15) is 5.54 Å². The molecule has 5 nitrogen and oxygen atoms in total. The number of halogens is 1. The summed E-state index contributed by atoms with van der Waals surface area (Å²) in [6.07, 6.45) is 0.558. The van der Waals surface area contributed by atoms with E-state index >= 15 is 0 Å². The molecule has 108 valence electrons. The SMILES string of the molecule is Cc1c(Br)cccc1C(=O)NC1(C(=O)O)CCOCC1. The van der Waals surface area contributed by atoms with E-state index in [0.29, 0.717) is 18.8 Å². The second kappa shape index (κ2) is 5.93. The molecule has 0 aliphatic carbocycles. The Hall–Kier alpha value is -1.40. The summed E-state index contributed by atoms with van der Waals surface area (Å²) in [5.41, 5.74) is 0.0356. The van der Waals surface area contributed by atoms with Crippen molar-refractivity contribution in [1.82, 2.24) is 5.32 Å². The predicted molar refractivity (Wildman–Crippen MR) is 76.8 cm³/mol. The van der Waals surface area contributed by atoms with Crippen LogP contribution >= 0.6 is 15.9 Å². The molecule has 6 heteroatoms. The fraction of sp³-hybridized carbons (Fsp3) is 0.429. The Morgan fingerprint density at radius 3 is 2.60 bits per heavy atom. The molecule has 1 heterocycles. The number of amides is 1. The van der Waals surface area contributed by atoms with Crippen molar-refractivity contribution in [2.45, 2.75) is 25.3 Å². The second-order valence-corrected chi connectivity index (χ2v) is 5.72. The van der Waals surface area contributed by atoms with Crippen molar-refractivity contribution in [2.24, 2.45) is 0 Å². The molecule has 0 atom stereocenters. The van der Waals surface area contributed by atoms with E-state index < -0.39 is 11.5 Å². The molecule has 20 heavy (non-hydrogen) atoms. The number of hydrogen-bond acceptors (Lipinski definition) is 3. The largest absolute Gasteiger partial charge is 0.480 e. The van der Waals surface area contributed by atoms with Crippen LogP contribution in [0.2, 0.25) is 0 Å². The highest BCUT2D eigenvalue weighted by molar-refractivity contribution is 9.10. The number of hydrogen-bond donors (Lipinski definition) is 2. The van der Waals surface area contributed by atoms with Gasteiger partial charge in [0.15, 0.2) is 0 Å². The highest BCUT2D eigenvalue weighted by Gasteiger charge is 2.41. The van der Waals surface area contributed by atoms with Crippen LogP contribution in [0.3, 0.4) is 0 Å². The van der Waals surface area contributed by atoms with E-state index in [1.165, 1.54) is 0 Å². The number of ether oxygens (including phenoxy) is 1. The van der Waals surface area contributed by atoms with Crippen LogP contribution < -0.4 is 5.32 Å². The first-order chi connectivity index (χ1) is 9.46. The molecule has 0 spiro atoms. The lowest BCUT2D eigenvalue weighted by Crippen LogP contribution is -2.57. The zero-order valence-electron chi connectivity index (χ0n) is 11.1. The van der Waals surface area contributed by atoms with Gasteiger partial charge in [-0.25, -0.2) is 4.79 Å². The molecule has 0 aromatic heterocycles. The minimum absolute atomic E-state index is 0.279. The third-order valence-electron chi connectivity index (χ3n) is 3.62. The van der Waals surface area contributed by atoms with Gasteiger partial charge >= 0.3 is 5.97 Å². The maximum absolute atomic E-state index is 12.4. The standard InChI is InChI=1S/C14H16BrNO4/c1-9-10(3-2-4-11(9)15)12(17)16-14(13(18)19)5-7-20-8-6-14/h2-4H,5-8H2,1H3,(H,16,17)(H,18,19). The van der Waals surface area contributed by atoms with Gasteiger partial charge in [-0.3, -0.25) is 4.79 Å². The van der Waals surface area contributed by atoms with E-state index in [1.54, 1.807) is 12.1 Å². The van der Waals surface area contributed by atoms with E-state index in [9.17, 15) is 14.7 Å². The van der Waals surface area contributed by atoms with Crippen molar-refractivity contribution >= 4 is 27.8 Å². The van der Waals surface area contributed by atoms with Crippen LogP contribution in [0.15, 0.2) is 22.7 Å². The Bertz CT molecular complexity index is 538. The molecular weight excluding hydrogens is 326 g/mol. The molecule has 1 amide bonds. The highest BCUT2D eigenvalue weighted by Crippen LogP contribution is 2.24. The number of carboxylic acids is 1. The minimum atomic E-state index is -1.23. The number of carbonyl (C=O) groups excluding carboxylic acids is 1. The molecule has 1 aliphatic rings. The van der Waals surface area contributed by atoms with Crippen molar-refractivity contribution in [2.75, 3.05) is 13.2 Å². The molecule has 1 aliphatic heterocycles. The van der Waals surface area contributed by atoms with Gasteiger partial charge in [-0.1, -0.05) is 22.0 Å². The molecule has 0 saturated carbocycles. The van der Waals surface area contributed by atoms with Gasteiger partial charge in [0, 0.05) is 36.1 Å². The smallest absolute Gasteiger partial charge is 0.329 e. The summed E-state index contributed by atoms with van der Waals surface area (Å²) in [7, 11) is 0. The monoisotopic (exact) mass is 341 g/mol. The van der Waals surface area contributed by atoms with E-state index in [0.717, 1.165) is 10.0 Å². The first kappa shape index (κ1) is 15.0. The zero-order chi connectivity index (χ0) is 14.8. The molecule has 1 fully saturated rings. The predicted octanol–water partition coefficient (Wildman–Crippen LogP) is 2.12. The fourth-order valence-electron chi connectivity index (χ4n) is 2.25. The number of aliphatic carboxylic acids is 1. The van der Waals surface area contributed by atoms with Crippen molar-refractivity contribution in [3.63, 3.8) is 0 Å². The Labute approximate surface area is 125 Å². The summed E-state index contributed by atoms with van der Waals surface area (Å²) in [5.74, 6) is -1.38. The summed E-state index contributed by atoms with van der Waals surface area (Å²) < 4.78 is 6.00. The second-order valence-electron chi connectivity index (χ2n) is 4.87. The Kier molecular flexibility index (Phi) is 4.45. The lowest BCUT2D eigenvalue weighted by atomic mass is 9.89. The van der Waals surface area contributed by atoms with Crippen molar-refractivity contribution in [1.29, 1.82) is 0 Å². The lowest BCUT2D eigenvalue weighted by Gasteiger charge is -2.34. The van der Waals surface area contributed by atoms with Gasteiger partial charge in [-0.15, -0.1) is 0 Å². The summed E-state index contributed by atoms with van der Waals surface area (Å²) in [6.45, 7) is 2.49. The molecule has 1 aromatic carbocycles. The van der Waals surface area contributed by atoms with Gasteiger partial charge in [0.05, 0.1) is 0 Å². The number of nitrogens with one attached hydrogen (secondary N) is 1. The third-order valence-corrected chi connectivity index (χ3v) is 4.48. The van der Waals surface area contributed by atoms with Gasteiger partial charge < -0.3 is 15.2 Å². The number of carboxylic acid groups (broad SMARTS) is 1. The van der Waals surface area contributed by atoms with Crippen LogP contribution in [0, 0.1) is 6.92 Å². The molecule has 0 unspecified atom stereocenters. The van der Waals surface area contributed by atoms with Crippen LogP contribution in [0.25, 0.3) is 0 Å². The number of benzene rings is 1. The molecule has 2 rings (SSSR count).